The van der Waals surface area contributed by atoms with Crippen molar-refractivity contribution in [2.24, 2.45) is 7.05 Å². The number of alkyl halides is 3. The molecule has 0 atom stereocenters. The Morgan fingerprint density at radius 2 is 1.90 bits per heavy atom. The van der Waals surface area contributed by atoms with Crippen LogP contribution in [0, 0.1) is 0 Å². The van der Waals surface area contributed by atoms with Gasteiger partial charge in [-0.05, 0) is 23.8 Å². The maximum absolute atomic E-state index is 12.4. The largest absolute Gasteiger partial charge is 0.416 e. The van der Waals surface area contributed by atoms with Crippen LogP contribution in [0.5, 0.6) is 0 Å². The van der Waals surface area contributed by atoms with Crippen molar-refractivity contribution in [2.75, 3.05) is 0 Å². The normalized spacial score (nSPS) is 12.0. The summed E-state index contributed by atoms with van der Waals surface area (Å²) in [5, 5.41) is 3.87. The Kier molecular flexibility index (Phi) is 3.74. The average molecular weight is 280 g/mol. The van der Waals surface area contributed by atoms with Crippen molar-refractivity contribution in [1.29, 1.82) is 0 Å². The number of hydrogen-bond donors (Lipinski definition) is 0. The van der Waals surface area contributed by atoms with Crippen LogP contribution in [0.2, 0.25) is 0 Å². The number of carbonyl (C=O) groups excluding carboxylic acids is 1. The van der Waals surface area contributed by atoms with Crippen molar-refractivity contribution in [3.63, 3.8) is 0 Å². The molecule has 0 aliphatic heterocycles. The summed E-state index contributed by atoms with van der Waals surface area (Å²) >= 11 is 0. The van der Waals surface area contributed by atoms with Crippen molar-refractivity contribution >= 4 is 11.9 Å². The van der Waals surface area contributed by atoms with E-state index in [1.54, 1.807) is 13.2 Å². The van der Waals surface area contributed by atoms with Gasteiger partial charge in [0.25, 0.3) is 0 Å². The molecule has 0 unspecified atom stereocenters. The Bertz CT molecular complexity index is 639. The average Bonchev–Trinajstić information content (AvgIpc) is 2.82. The lowest BCUT2D eigenvalue weighted by atomic mass is 10.1. The number of halogens is 3. The molecule has 0 bridgehead atoms. The van der Waals surface area contributed by atoms with Gasteiger partial charge in [-0.2, -0.15) is 18.3 Å². The quantitative estimate of drug-likeness (QED) is 0.638. The van der Waals surface area contributed by atoms with E-state index in [1.807, 2.05) is 0 Å². The van der Waals surface area contributed by atoms with Gasteiger partial charge in [0.15, 0.2) is 5.78 Å². The molecule has 0 radical (unpaired) electrons. The monoisotopic (exact) mass is 280 g/mol. The first kappa shape index (κ1) is 14.0. The van der Waals surface area contributed by atoms with Crippen LogP contribution in [0.25, 0.3) is 6.08 Å². The van der Waals surface area contributed by atoms with Gasteiger partial charge in [0.2, 0.25) is 0 Å². The molecule has 1 heterocycles. The van der Waals surface area contributed by atoms with Crippen LogP contribution in [-0.2, 0) is 13.2 Å². The number of nitrogens with zero attached hydrogens (tertiary/aromatic N) is 2. The van der Waals surface area contributed by atoms with Crippen LogP contribution < -0.4 is 0 Å². The SMILES string of the molecule is Cn1cc(C(=O)C=Cc2ccc(C(F)(F)F)cc2)cn1. The van der Waals surface area contributed by atoms with E-state index < -0.39 is 11.7 Å². The van der Waals surface area contributed by atoms with E-state index in [4.69, 9.17) is 0 Å². The van der Waals surface area contributed by atoms with E-state index in [1.165, 1.54) is 35.2 Å². The second-order valence-corrected chi connectivity index (χ2v) is 4.22. The molecule has 3 nitrogen and oxygen atoms in total. The molecule has 0 saturated heterocycles. The van der Waals surface area contributed by atoms with E-state index >= 15 is 0 Å². The predicted octanol–water partition coefficient (Wildman–Crippen LogP) is 3.34. The van der Waals surface area contributed by atoms with Crippen LogP contribution in [0.1, 0.15) is 21.5 Å². The molecule has 2 aromatic rings. The molecule has 0 aliphatic carbocycles. The van der Waals surface area contributed by atoms with E-state index in [-0.39, 0.29) is 5.78 Å². The van der Waals surface area contributed by atoms with E-state index in [2.05, 4.69) is 5.10 Å². The maximum Gasteiger partial charge on any atom is 0.416 e. The Hall–Kier alpha value is -2.37. The van der Waals surface area contributed by atoms with Gasteiger partial charge in [-0.3, -0.25) is 9.48 Å². The van der Waals surface area contributed by atoms with Crippen LogP contribution in [0.3, 0.4) is 0 Å². The summed E-state index contributed by atoms with van der Waals surface area (Å²) in [6.07, 6.45) is 1.42. The fourth-order valence-corrected chi connectivity index (χ4v) is 1.60. The van der Waals surface area contributed by atoms with Crippen LogP contribution in [-0.4, -0.2) is 15.6 Å². The molecule has 0 N–H and O–H groups in total. The standard InChI is InChI=1S/C14H11F3N2O/c1-19-9-11(8-18-19)13(20)7-4-10-2-5-12(6-3-10)14(15,16)17/h2-9H,1H3. The zero-order valence-corrected chi connectivity index (χ0v) is 10.6. The summed E-state index contributed by atoms with van der Waals surface area (Å²) in [5.41, 5.74) is 0.235. The van der Waals surface area contributed by atoms with E-state index in [0.717, 1.165) is 12.1 Å². The van der Waals surface area contributed by atoms with Gasteiger partial charge in [-0.25, -0.2) is 0 Å². The minimum atomic E-state index is -4.35. The first-order chi connectivity index (χ1) is 9.36. The second kappa shape index (κ2) is 5.32. The summed E-state index contributed by atoms with van der Waals surface area (Å²) in [7, 11) is 1.69. The minimum absolute atomic E-state index is 0.252. The summed E-state index contributed by atoms with van der Waals surface area (Å²) in [4.78, 5) is 11.7. The highest BCUT2D eigenvalue weighted by molar-refractivity contribution is 6.06. The van der Waals surface area contributed by atoms with Gasteiger partial charge < -0.3 is 0 Å². The van der Waals surface area contributed by atoms with Crippen LogP contribution in [0.4, 0.5) is 13.2 Å². The Morgan fingerprint density at radius 1 is 1.25 bits per heavy atom. The summed E-state index contributed by atoms with van der Waals surface area (Å²) in [6, 6.07) is 4.59. The molecule has 1 aromatic carbocycles. The second-order valence-electron chi connectivity index (χ2n) is 4.22. The predicted molar refractivity (Wildman–Crippen MR) is 68.0 cm³/mol. The highest BCUT2D eigenvalue weighted by Gasteiger charge is 2.29. The Morgan fingerprint density at radius 3 is 2.40 bits per heavy atom. The number of aryl methyl sites for hydroxylation is 1. The molecule has 0 spiro atoms. The number of ketones is 1. The van der Waals surface area contributed by atoms with Gasteiger partial charge in [0.1, 0.15) is 0 Å². The molecule has 104 valence electrons. The van der Waals surface area contributed by atoms with Crippen molar-refractivity contribution in [3.8, 4) is 0 Å². The molecular weight excluding hydrogens is 269 g/mol. The third kappa shape index (κ3) is 3.34. The zero-order chi connectivity index (χ0) is 14.8. The number of allylic oxidation sites excluding steroid dienone is 1. The molecule has 0 fully saturated rings. The lowest BCUT2D eigenvalue weighted by Crippen LogP contribution is -2.04. The molecular formula is C14H11F3N2O. The number of carbonyl (C=O) groups is 1. The molecule has 0 saturated carbocycles. The molecule has 6 heteroatoms. The van der Waals surface area contributed by atoms with Gasteiger partial charge >= 0.3 is 6.18 Å². The smallest absolute Gasteiger partial charge is 0.289 e. The third-order valence-electron chi connectivity index (χ3n) is 2.65. The third-order valence-corrected chi connectivity index (χ3v) is 2.65. The van der Waals surface area contributed by atoms with E-state index in [9.17, 15) is 18.0 Å². The first-order valence-corrected chi connectivity index (χ1v) is 5.74. The van der Waals surface area contributed by atoms with Gasteiger partial charge in [-0.1, -0.05) is 18.2 Å². The van der Waals surface area contributed by atoms with Crippen molar-refractivity contribution in [2.45, 2.75) is 6.18 Å². The van der Waals surface area contributed by atoms with Gasteiger partial charge in [0.05, 0.1) is 17.3 Å². The van der Waals surface area contributed by atoms with Gasteiger partial charge in [0, 0.05) is 13.2 Å². The molecule has 1 aromatic heterocycles. The first-order valence-electron chi connectivity index (χ1n) is 5.74. The van der Waals surface area contributed by atoms with Crippen molar-refractivity contribution in [1.82, 2.24) is 9.78 Å². The zero-order valence-electron chi connectivity index (χ0n) is 10.6. The highest BCUT2D eigenvalue weighted by Crippen LogP contribution is 2.29. The maximum atomic E-state index is 12.4. The lowest BCUT2D eigenvalue weighted by Gasteiger charge is -2.05. The topological polar surface area (TPSA) is 34.9 Å². The Labute approximate surface area is 113 Å². The summed E-state index contributed by atoms with van der Waals surface area (Å²) in [6.45, 7) is 0. The number of benzene rings is 1. The number of aromatic nitrogens is 2. The number of rotatable bonds is 3. The van der Waals surface area contributed by atoms with Gasteiger partial charge in [-0.15, -0.1) is 0 Å². The molecule has 20 heavy (non-hydrogen) atoms. The van der Waals surface area contributed by atoms with Crippen LogP contribution in [0.15, 0.2) is 42.7 Å². The highest BCUT2D eigenvalue weighted by atomic mass is 19.4. The number of hydrogen-bond acceptors (Lipinski definition) is 2. The summed E-state index contributed by atoms with van der Waals surface area (Å²) < 4.78 is 38.6. The lowest BCUT2D eigenvalue weighted by molar-refractivity contribution is -0.137. The molecule has 2 rings (SSSR count). The fourth-order valence-electron chi connectivity index (χ4n) is 1.60. The molecule has 0 amide bonds. The molecule has 0 aliphatic rings. The van der Waals surface area contributed by atoms with E-state index in [0.29, 0.717) is 11.1 Å². The van der Waals surface area contributed by atoms with Crippen molar-refractivity contribution in [3.05, 3.63) is 59.4 Å². The minimum Gasteiger partial charge on any atom is -0.289 e. The van der Waals surface area contributed by atoms with Crippen LogP contribution >= 0.6 is 0 Å². The Balaban J connectivity index is 2.10. The summed E-state index contributed by atoms with van der Waals surface area (Å²) in [5.74, 6) is -0.252. The fraction of sp³-hybridized carbons (Fsp3) is 0.143. The van der Waals surface area contributed by atoms with Crippen molar-refractivity contribution < 1.29 is 18.0 Å².